The van der Waals surface area contributed by atoms with E-state index in [0.717, 1.165) is 35.6 Å². The molecule has 0 spiro atoms. The Kier molecular flexibility index (Phi) is 9.40. The van der Waals surface area contributed by atoms with Gasteiger partial charge in [0.1, 0.15) is 30.3 Å². The van der Waals surface area contributed by atoms with Gasteiger partial charge in [0.2, 0.25) is 0 Å². The monoisotopic (exact) mass is 426 g/mol. The van der Waals surface area contributed by atoms with Crippen LogP contribution in [0.5, 0.6) is 11.5 Å². The largest absolute Gasteiger partial charge is 0.497 e. The van der Waals surface area contributed by atoms with Gasteiger partial charge in [-0.1, -0.05) is 35.9 Å². The lowest BCUT2D eigenvalue weighted by Crippen LogP contribution is -2.86. The summed E-state index contributed by atoms with van der Waals surface area (Å²) in [6.45, 7) is 1.94. The van der Waals surface area contributed by atoms with E-state index in [1.807, 2.05) is 48.5 Å². The van der Waals surface area contributed by atoms with E-state index in [2.05, 4.69) is 11.4 Å². The minimum Gasteiger partial charge on any atom is -0.497 e. The van der Waals surface area contributed by atoms with Crippen molar-refractivity contribution in [3.63, 3.8) is 0 Å². The van der Waals surface area contributed by atoms with Crippen molar-refractivity contribution in [1.82, 2.24) is 0 Å². The van der Waals surface area contributed by atoms with Crippen LogP contribution in [0.1, 0.15) is 49.3 Å². The fraction of sp³-hybridized carbons (Fsp3) is 0.462. The van der Waals surface area contributed by atoms with Crippen LogP contribution >= 0.6 is 0 Å². The predicted molar refractivity (Wildman–Crippen MR) is 123 cm³/mol. The maximum Gasteiger partial charge on any atom is 0.126 e. The number of aliphatic hydroxyl groups is 1. The summed E-state index contributed by atoms with van der Waals surface area (Å²) >= 11 is 0. The summed E-state index contributed by atoms with van der Waals surface area (Å²) in [6, 6.07) is 15.7. The van der Waals surface area contributed by atoms with Gasteiger partial charge in [0, 0.05) is 6.42 Å². The Bertz CT molecular complexity index is 754. The molecule has 2 aromatic rings. The first kappa shape index (κ1) is 23.3. The maximum absolute atomic E-state index is 10.5. The van der Waals surface area contributed by atoms with Crippen LogP contribution in [-0.2, 0) is 4.74 Å². The molecule has 1 aliphatic carbocycles. The second-order valence-corrected chi connectivity index (χ2v) is 8.08. The number of rotatable bonds is 12. The van der Waals surface area contributed by atoms with Crippen LogP contribution in [-0.4, -0.2) is 45.1 Å². The van der Waals surface area contributed by atoms with Crippen LogP contribution in [0.25, 0.3) is 0 Å². The Balaban J connectivity index is 1.55. The third kappa shape index (κ3) is 7.39. The van der Waals surface area contributed by atoms with Gasteiger partial charge in [0.15, 0.2) is 0 Å². The van der Waals surface area contributed by atoms with Crippen molar-refractivity contribution in [2.75, 3.05) is 33.9 Å². The van der Waals surface area contributed by atoms with E-state index < -0.39 is 6.10 Å². The summed E-state index contributed by atoms with van der Waals surface area (Å²) < 4.78 is 16.8. The fourth-order valence-electron chi connectivity index (χ4n) is 3.95. The number of hydrogen-bond acceptors (Lipinski definition) is 4. The molecule has 0 unspecified atom stereocenters. The van der Waals surface area contributed by atoms with Crippen molar-refractivity contribution in [1.29, 1.82) is 0 Å². The molecule has 31 heavy (non-hydrogen) atoms. The number of nitrogens with two attached hydrogens (primary N) is 1. The molecule has 0 radical (unpaired) electrons. The van der Waals surface area contributed by atoms with Crippen molar-refractivity contribution < 1.29 is 24.6 Å². The standard InChI is InChI=1S/C26H35NO4/c1-29-24-12-8-21(9-13-24)26(22-10-14-25(30-2)15-11-22)31-19-23(28)18-27-17-16-20-6-4-3-5-7-20/h6,8-15,23,26-28H,3-5,7,16-19H2,1-2H3/p+1/t23-/m0/s1. The lowest BCUT2D eigenvalue weighted by Gasteiger charge is -2.21. The molecule has 0 saturated heterocycles. The van der Waals surface area contributed by atoms with Crippen molar-refractivity contribution in [2.45, 2.75) is 44.3 Å². The van der Waals surface area contributed by atoms with Gasteiger partial charge in [0.25, 0.3) is 0 Å². The minimum absolute atomic E-state index is 0.265. The molecule has 0 bridgehead atoms. The second-order valence-electron chi connectivity index (χ2n) is 8.08. The summed E-state index contributed by atoms with van der Waals surface area (Å²) in [6.07, 6.45) is 7.85. The lowest BCUT2D eigenvalue weighted by atomic mass is 9.97. The molecule has 1 aliphatic rings. The van der Waals surface area contributed by atoms with Crippen molar-refractivity contribution >= 4 is 0 Å². The highest BCUT2D eigenvalue weighted by Gasteiger charge is 2.18. The predicted octanol–water partition coefficient (Wildman–Crippen LogP) is 3.62. The van der Waals surface area contributed by atoms with E-state index in [-0.39, 0.29) is 12.7 Å². The van der Waals surface area contributed by atoms with Gasteiger partial charge in [-0.05, 0) is 61.1 Å². The zero-order chi connectivity index (χ0) is 21.9. The third-order valence-electron chi connectivity index (χ3n) is 5.79. The van der Waals surface area contributed by atoms with Crippen LogP contribution in [0.2, 0.25) is 0 Å². The van der Waals surface area contributed by atoms with Crippen LogP contribution in [0.15, 0.2) is 60.2 Å². The number of allylic oxidation sites excluding steroid dienone is 1. The van der Waals surface area contributed by atoms with Crippen LogP contribution in [0.3, 0.4) is 0 Å². The molecule has 3 rings (SSSR count). The van der Waals surface area contributed by atoms with Gasteiger partial charge < -0.3 is 24.6 Å². The fourth-order valence-corrected chi connectivity index (χ4v) is 3.95. The molecule has 2 aromatic carbocycles. The van der Waals surface area contributed by atoms with E-state index in [1.54, 1.807) is 19.8 Å². The van der Waals surface area contributed by atoms with E-state index in [0.29, 0.717) is 6.54 Å². The van der Waals surface area contributed by atoms with Gasteiger partial charge in [-0.3, -0.25) is 0 Å². The zero-order valence-corrected chi connectivity index (χ0v) is 18.8. The van der Waals surface area contributed by atoms with E-state index >= 15 is 0 Å². The van der Waals surface area contributed by atoms with E-state index in [9.17, 15) is 5.11 Å². The average Bonchev–Trinajstić information content (AvgIpc) is 2.83. The highest BCUT2D eigenvalue weighted by Crippen LogP contribution is 2.29. The molecule has 5 heteroatoms. The SMILES string of the molecule is COc1ccc(C(OC[C@@H](O)C[NH2+]CCC2=CCCCC2)c2ccc(OC)cc2)cc1. The summed E-state index contributed by atoms with van der Waals surface area (Å²) in [7, 11) is 3.31. The first-order valence-electron chi connectivity index (χ1n) is 11.3. The smallest absolute Gasteiger partial charge is 0.126 e. The summed E-state index contributed by atoms with van der Waals surface area (Å²) in [4.78, 5) is 0. The first-order valence-corrected chi connectivity index (χ1v) is 11.3. The van der Waals surface area contributed by atoms with Gasteiger partial charge in [-0.15, -0.1) is 0 Å². The molecule has 168 valence electrons. The Morgan fingerprint density at radius 3 is 2.03 bits per heavy atom. The Labute approximate surface area is 186 Å². The number of hydrogen-bond donors (Lipinski definition) is 2. The zero-order valence-electron chi connectivity index (χ0n) is 18.8. The van der Waals surface area contributed by atoms with Crippen LogP contribution in [0.4, 0.5) is 0 Å². The maximum atomic E-state index is 10.5. The molecule has 0 aromatic heterocycles. The molecule has 0 saturated carbocycles. The first-order chi connectivity index (χ1) is 15.2. The second kappa shape index (κ2) is 12.5. The number of benzene rings is 2. The van der Waals surface area contributed by atoms with Crippen LogP contribution in [0, 0.1) is 0 Å². The van der Waals surface area contributed by atoms with Crippen molar-refractivity contribution in [2.24, 2.45) is 0 Å². The summed E-state index contributed by atoms with van der Waals surface area (Å²) in [5.74, 6) is 1.61. The Morgan fingerprint density at radius 2 is 1.52 bits per heavy atom. The quantitative estimate of drug-likeness (QED) is 0.402. The molecular formula is C26H36NO4+. The minimum atomic E-state index is -0.515. The Hall–Kier alpha value is -2.34. The van der Waals surface area contributed by atoms with Gasteiger partial charge >= 0.3 is 0 Å². The third-order valence-corrected chi connectivity index (χ3v) is 5.79. The van der Waals surface area contributed by atoms with Crippen molar-refractivity contribution in [3.8, 4) is 11.5 Å². The molecule has 1 atom stereocenters. The molecule has 0 heterocycles. The molecule has 5 nitrogen and oxygen atoms in total. The average molecular weight is 427 g/mol. The Morgan fingerprint density at radius 1 is 0.903 bits per heavy atom. The number of methoxy groups -OCH3 is 2. The van der Waals surface area contributed by atoms with Gasteiger partial charge in [-0.2, -0.15) is 0 Å². The van der Waals surface area contributed by atoms with Crippen LogP contribution < -0.4 is 14.8 Å². The highest BCUT2D eigenvalue weighted by molar-refractivity contribution is 5.36. The summed E-state index contributed by atoms with van der Waals surface area (Å²) in [5.41, 5.74) is 3.62. The molecule has 0 fully saturated rings. The topological polar surface area (TPSA) is 64.5 Å². The highest BCUT2D eigenvalue weighted by atomic mass is 16.5. The normalized spacial score (nSPS) is 14.9. The molecule has 3 N–H and O–H groups in total. The lowest BCUT2D eigenvalue weighted by molar-refractivity contribution is -0.660. The van der Waals surface area contributed by atoms with Gasteiger partial charge in [-0.25, -0.2) is 0 Å². The molecule has 0 amide bonds. The van der Waals surface area contributed by atoms with Gasteiger partial charge in [0.05, 0.1) is 27.4 Å². The van der Waals surface area contributed by atoms with E-state index in [4.69, 9.17) is 14.2 Å². The number of aliphatic hydroxyl groups excluding tert-OH is 1. The van der Waals surface area contributed by atoms with E-state index in [1.165, 1.54) is 25.7 Å². The van der Waals surface area contributed by atoms with Crippen molar-refractivity contribution in [3.05, 3.63) is 71.3 Å². The number of quaternary nitrogens is 1. The summed E-state index contributed by atoms with van der Waals surface area (Å²) in [5, 5.41) is 12.7. The molecular weight excluding hydrogens is 390 g/mol. The number of ether oxygens (including phenoxy) is 3. The molecule has 0 aliphatic heterocycles.